The van der Waals surface area contributed by atoms with Gasteiger partial charge in [-0.05, 0) is 43.5 Å². The number of sulfonamides is 1. The number of halogens is 1. The molecule has 0 bridgehead atoms. The van der Waals surface area contributed by atoms with Gasteiger partial charge in [0.25, 0.3) is 0 Å². The number of rotatable bonds is 7. The fraction of sp³-hybridized carbons (Fsp3) is 0.350. The number of hydrogen-bond donors (Lipinski definition) is 1. The summed E-state index contributed by atoms with van der Waals surface area (Å²) >= 11 is 0. The molecule has 0 saturated carbocycles. The van der Waals surface area contributed by atoms with Crippen LogP contribution in [0.5, 0.6) is 0 Å². The molecule has 0 fully saturated rings. The average Bonchev–Trinajstić information content (AvgIpc) is 2.58. The Labute approximate surface area is 160 Å². The van der Waals surface area contributed by atoms with E-state index in [-0.39, 0.29) is 11.7 Å². The molecule has 7 heteroatoms. The van der Waals surface area contributed by atoms with Crippen LogP contribution in [0.25, 0.3) is 0 Å². The van der Waals surface area contributed by atoms with E-state index in [1.807, 2.05) is 39.0 Å². The summed E-state index contributed by atoms with van der Waals surface area (Å²) in [5.74, 6) is -1.19. The third-order valence-corrected chi connectivity index (χ3v) is 5.48. The molecule has 1 amide bonds. The number of aryl methyl sites for hydroxylation is 2. The van der Waals surface area contributed by atoms with Gasteiger partial charge in [0.05, 0.1) is 18.0 Å². The lowest BCUT2D eigenvalue weighted by atomic mass is 9.97. The van der Waals surface area contributed by atoms with E-state index in [0.29, 0.717) is 6.42 Å². The van der Waals surface area contributed by atoms with Gasteiger partial charge in [0, 0.05) is 0 Å². The fourth-order valence-corrected chi connectivity index (χ4v) is 3.88. The molecular weight excluding hydrogens is 367 g/mol. The van der Waals surface area contributed by atoms with Gasteiger partial charge in [-0.2, -0.15) is 0 Å². The van der Waals surface area contributed by atoms with Gasteiger partial charge < -0.3 is 5.32 Å². The summed E-state index contributed by atoms with van der Waals surface area (Å²) in [6, 6.07) is 11.2. The Morgan fingerprint density at radius 3 is 2.41 bits per heavy atom. The Kier molecular flexibility index (Phi) is 6.59. The van der Waals surface area contributed by atoms with Crippen LogP contribution in [-0.4, -0.2) is 27.1 Å². The second-order valence-corrected chi connectivity index (χ2v) is 8.52. The Hall–Kier alpha value is -2.41. The first kappa shape index (κ1) is 20.9. The summed E-state index contributed by atoms with van der Waals surface area (Å²) in [6.45, 7) is 5.42. The number of anilines is 1. The molecule has 0 heterocycles. The standard InChI is InChI=1S/C20H25FN2O3S/c1-5-18(16-11-10-14(2)12-15(16)3)22-20(24)13-23(27(4,25)26)19-9-7-6-8-17(19)21/h6-12,18H,5,13H2,1-4H3,(H,22,24). The van der Waals surface area contributed by atoms with Crippen molar-refractivity contribution in [3.8, 4) is 0 Å². The molecular formula is C20H25FN2O3S. The molecule has 0 radical (unpaired) electrons. The maximum Gasteiger partial charge on any atom is 0.241 e. The molecule has 0 aliphatic rings. The van der Waals surface area contributed by atoms with Crippen molar-refractivity contribution >= 4 is 21.6 Å². The zero-order valence-corrected chi connectivity index (χ0v) is 16.8. The lowest BCUT2D eigenvalue weighted by Gasteiger charge is -2.25. The third kappa shape index (κ3) is 5.29. The molecule has 1 N–H and O–H groups in total. The molecule has 27 heavy (non-hydrogen) atoms. The van der Waals surface area contributed by atoms with Crippen molar-refractivity contribution in [1.29, 1.82) is 0 Å². The molecule has 0 aliphatic heterocycles. The van der Waals surface area contributed by atoms with Crippen LogP contribution in [0, 0.1) is 19.7 Å². The van der Waals surface area contributed by atoms with Crippen molar-refractivity contribution < 1.29 is 17.6 Å². The Bertz CT molecular complexity index is 929. The Morgan fingerprint density at radius 2 is 1.85 bits per heavy atom. The van der Waals surface area contributed by atoms with Crippen molar-refractivity contribution in [3.63, 3.8) is 0 Å². The number of carbonyl (C=O) groups is 1. The van der Waals surface area contributed by atoms with E-state index >= 15 is 0 Å². The number of benzene rings is 2. The van der Waals surface area contributed by atoms with Gasteiger partial charge in [-0.15, -0.1) is 0 Å². The summed E-state index contributed by atoms with van der Waals surface area (Å²) < 4.78 is 39.1. The first-order chi connectivity index (χ1) is 12.6. The summed E-state index contributed by atoms with van der Waals surface area (Å²) in [5, 5.41) is 2.87. The zero-order valence-electron chi connectivity index (χ0n) is 16.0. The molecule has 1 unspecified atom stereocenters. The SMILES string of the molecule is CCC(NC(=O)CN(c1ccccc1F)S(C)(=O)=O)c1ccc(C)cc1C. The number of nitrogens with zero attached hydrogens (tertiary/aromatic N) is 1. The molecule has 0 saturated heterocycles. The maximum atomic E-state index is 14.1. The molecule has 2 aromatic carbocycles. The molecule has 0 spiro atoms. The molecule has 0 aromatic heterocycles. The largest absolute Gasteiger partial charge is 0.348 e. The lowest BCUT2D eigenvalue weighted by Crippen LogP contribution is -2.42. The van der Waals surface area contributed by atoms with Crippen LogP contribution in [0.2, 0.25) is 0 Å². The van der Waals surface area contributed by atoms with Crippen molar-refractivity contribution in [1.82, 2.24) is 5.32 Å². The number of nitrogens with one attached hydrogen (secondary N) is 1. The van der Waals surface area contributed by atoms with Crippen molar-refractivity contribution in [2.24, 2.45) is 0 Å². The highest BCUT2D eigenvalue weighted by Gasteiger charge is 2.25. The quantitative estimate of drug-likeness (QED) is 0.785. The fourth-order valence-electron chi connectivity index (χ4n) is 3.02. The molecule has 1 atom stereocenters. The van der Waals surface area contributed by atoms with Crippen LogP contribution in [0.1, 0.15) is 36.1 Å². The Morgan fingerprint density at radius 1 is 1.19 bits per heavy atom. The monoisotopic (exact) mass is 392 g/mol. The van der Waals surface area contributed by atoms with Gasteiger partial charge in [0.2, 0.25) is 15.9 Å². The number of hydrogen-bond acceptors (Lipinski definition) is 3. The molecule has 146 valence electrons. The van der Waals surface area contributed by atoms with Crippen LogP contribution >= 0.6 is 0 Å². The lowest BCUT2D eigenvalue weighted by molar-refractivity contribution is -0.120. The van der Waals surface area contributed by atoms with Crippen LogP contribution in [0.3, 0.4) is 0 Å². The molecule has 5 nitrogen and oxygen atoms in total. The number of amides is 1. The van der Waals surface area contributed by atoms with Crippen LogP contribution < -0.4 is 9.62 Å². The zero-order chi connectivity index (χ0) is 20.2. The number of carbonyl (C=O) groups excluding carboxylic acids is 1. The first-order valence-electron chi connectivity index (χ1n) is 8.72. The maximum absolute atomic E-state index is 14.1. The molecule has 2 rings (SSSR count). The van der Waals surface area contributed by atoms with Crippen molar-refractivity contribution in [2.45, 2.75) is 33.2 Å². The number of para-hydroxylation sites is 1. The van der Waals surface area contributed by atoms with Gasteiger partial charge in [-0.25, -0.2) is 12.8 Å². The van der Waals surface area contributed by atoms with E-state index in [1.165, 1.54) is 18.2 Å². The summed E-state index contributed by atoms with van der Waals surface area (Å²) in [6.07, 6.45) is 1.60. The second kappa shape index (κ2) is 8.52. The van der Waals surface area contributed by atoms with E-state index in [9.17, 15) is 17.6 Å². The predicted octanol–water partition coefficient (Wildman–Crippen LogP) is 3.48. The highest BCUT2D eigenvalue weighted by atomic mass is 32.2. The van der Waals surface area contributed by atoms with Gasteiger partial charge >= 0.3 is 0 Å². The van der Waals surface area contributed by atoms with Crippen LogP contribution in [0.4, 0.5) is 10.1 Å². The van der Waals surface area contributed by atoms with E-state index in [1.54, 1.807) is 0 Å². The van der Waals surface area contributed by atoms with E-state index in [0.717, 1.165) is 33.3 Å². The summed E-state index contributed by atoms with van der Waals surface area (Å²) in [5.41, 5.74) is 3.01. The third-order valence-electron chi connectivity index (χ3n) is 4.35. The molecule has 0 aliphatic carbocycles. The van der Waals surface area contributed by atoms with Crippen molar-refractivity contribution in [3.05, 3.63) is 65.0 Å². The summed E-state index contributed by atoms with van der Waals surface area (Å²) in [7, 11) is -3.82. The Balaban J connectivity index is 2.23. The normalized spacial score (nSPS) is 12.5. The van der Waals surface area contributed by atoms with Gasteiger partial charge in [0.1, 0.15) is 12.4 Å². The highest BCUT2D eigenvalue weighted by molar-refractivity contribution is 7.92. The topological polar surface area (TPSA) is 66.5 Å². The minimum Gasteiger partial charge on any atom is -0.348 e. The van der Waals surface area contributed by atoms with E-state index in [4.69, 9.17) is 0 Å². The van der Waals surface area contributed by atoms with E-state index < -0.39 is 28.3 Å². The van der Waals surface area contributed by atoms with Gasteiger partial charge in [-0.1, -0.05) is 42.8 Å². The first-order valence-corrected chi connectivity index (χ1v) is 10.6. The van der Waals surface area contributed by atoms with Gasteiger partial charge in [0.15, 0.2) is 0 Å². The molecule has 2 aromatic rings. The minimum absolute atomic E-state index is 0.144. The van der Waals surface area contributed by atoms with E-state index in [2.05, 4.69) is 5.32 Å². The minimum atomic E-state index is -3.82. The highest BCUT2D eigenvalue weighted by Crippen LogP contribution is 2.23. The van der Waals surface area contributed by atoms with Crippen molar-refractivity contribution in [2.75, 3.05) is 17.1 Å². The van der Waals surface area contributed by atoms with Crippen LogP contribution in [-0.2, 0) is 14.8 Å². The van der Waals surface area contributed by atoms with Crippen LogP contribution in [0.15, 0.2) is 42.5 Å². The smallest absolute Gasteiger partial charge is 0.241 e. The average molecular weight is 392 g/mol. The predicted molar refractivity (Wildman–Crippen MR) is 106 cm³/mol. The summed E-state index contributed by atoms with van der Waals surface area (Å²) in [4.78, 5) is 12.6. The van der Waals surface area contributed by atoms with Gasteiger partial charge in [-0.3, -0.25) is 9.10 Å². The second-order valence-electron chi connectivity index (χ2n) is 6.61.